The molecule has 8 heteroatoms. The van der Waals surface area contributed by atoms with Gasteiger partial charge in [0, 0.05) is 5.02 Å². The summed E-state index contributed by atoms with van der Waals surface area (Å²) in [4.78, 5) is 23.6. The largest absolute Gasteiger partial charge is 0.484 e. The van der Waals surface area contributed by atoms with Crippen LogP contribution in [0.5, 0.6) is 11.5 Å². The first-order chi connectivity index (χ1) is 13.5. The number of amides is 2. The monoisotopic (exact) mass is 418 g/mol. The van der Waals surface area contributed by atoms with Crippen LogP contribution in [-0.4, -0.2) is 25.0 Å². The van der Waals surface area contributed by atoms with Gasteiger partial charge in [-0.05, 0) is 41.1 Å². The van der Waals surface area contributed by atoms with E-state index in [0.29, 0.717) is 16.5 Å². The molecule has 3 aromatic carbocycles. The molecule has 0 spiro atoms. The van der Waals surface area contributed by atoms with Gasteiger partial charge < -0.3 is 9.47 Å². The number of nitrogens with one attached hydrogen (secondary N) is 2. The summed E-state index contributed by atoms with van der Waals surface area (Å²) >= 11 is 11.7. The van der Waals surface area contributed by atoms with E-state index in [9.17, 15) is 9.59 Å². The predicted octanol–water partition coefficient (Wildman–Crippen LogP) is 3.75. The molecular formula is C20H16Cl2N2O4. The molecule has 0 heterocycles. The maximum atomic E-state index is 11.8. The van der Waals surface area contributed by atoms with Crippen LogP contribution in [0.2, 0.25) is 10.0 Å². The molecule has 3 aromatic rings. The van der Waals surface area contributed by atoms with E-state index in [1.165, 1.54) is 6.07 Å². The Labute approximate surface area is 171 Å². The van der Waals surface area contributed by atoms with Crippen LogP contribution >= 0.6 is 23.2 Å². The number of hydrogen-bond donors (Lipinski definition) is 2. The first kappa shape index (κ1) is 19.8. The average molecular weight is 419 g/mol. The van der Waals surface area contributed by atoms with Crippen LogP contribution in [0.1, 0.15) is 0 Å². The molecule has 0 bridgehead atoms. The SMILES string of the molecule is O=C(COc1ccc2ccccc2c1)NNC(=O)COc1ccc(Cl)cc1Cl. The lowest BCUT2D eigenvalue weighted by Gasteiger charge is -2.11. The topological polar surface area (TPSA) is 76.7 Å². The molecule has 3 rings (SSSR count). The van der Waals surface area contributed by atoms with Crippen molar-refractivity contribution in [3.05, 3.63) is 70.7 Å². The molecule has 0 aliphatic heterocycles. The lowest BCUT2D eigenvalue weighted by molar-refractivity contribution is -0.131. The van der Waals surface area contributed by atoms with E-state index in [2.05, 4.69) is 10.9 Å². The third-order valence-corrected chi connectivity index (χ3v) is 4.22. The van der Waals surface area contributed by atoms with Crippen molar-refractivity contribution in [2.75, 3.05) is 13.2 Å². The molecule has 2 amide bonds. The predicted molar refractivity (Wildman–Crippen MR) is 108 cm³/mol. The van der Waals surface area contributed by atoms with Crippen LogP contribution in [0.4, 0.5) is 0 Å². The van der Waals surface area contributed by atoms with Gasteiger partial charge >= 0.3 is 0 Å². The van der Waals surface area contributed by atoms with Gasteiger partial charge in [0.1, 0.15) is 11.5 Å². The molecule has 6 nitrogen and oxygen atoms in total. The molecule has 0 aliphatic rings. The summed E-state index contributed by atoms with van der Waals surface area (Å²) in [5, 5.41) is 2.83. The summed E-state index contributed by atoms with van der Waals surface area (Å²) in [5.41, 5.74) is 4.49. The second kappa shape index (κ2) is 9.30. The van der Waals surface area contributed by atoms with Crippen molar-refractivity contribution in [3.8, 4) is 11.5 Å². The highest BCUT2D eigenvalue weighted by molar-refractivity contribution is 6.35. The van der Waals surface area contributed by atoms with Crippen LogP contribution in [0.15, 0.2) is 60.7 Å². The van der Waals surface area contributed by atoms with Gasteiger partial charge in [0.05, 0.1) is 5.02 Å². The van der Waals surface area contributed by atoms with E-state index in [1.807, 2.05) is 36.4 Å². The summed E-state index contributed by atoms with van der Waals surface area (Å²) in [6, 6.07) is 18.0. The third kappa shape index (κ3) is 5.52. The number of benzene rings is 3. The van der Waals surface area contributed by atoms with E-state index in [0.717, 1.165) is 10.8 Å². The molecule has 0 aromatic heterocycles. The van der Waals surface area contributed by atoms with E-state index in [4.69, 9.17) is 32.7 Å². The number of carbonyl (C=O) groups is 2. The lowest BCUT2D eigenvalue weighted by Crippen LogP contribution is -2.45. The van der Waals surface area contributed by atoms with E-state index in [1.54, 1.807) is 18.2 Å². The molecule has 144 valence electrons. The smallest absolute Gasteiger partial charge is 0.276 e. The minimum atomic E-state index is -0.551. The first-order valence-electron chi connectivity index (χ1n) is 8.28. The van der Waals surface area contributed by atoms with Crippen molar-refractivity contribution in [2.24, 2.45) is 0 Å². The Morgan fingerprint density at radius 3 is 2.18 bits per heavy atom. The minimum absolute atomic E-state index is 0.248. The maximum Gasteiger partial charge on any atom is 0.276 e. The van der Waals surface area contributed by atoms with Crippen LogP contribution in [0, 0.1) is 0 Å². The van der Waals surface area contributed by atoms with Gasteiger partial charge in [-0.2, -0.15) is 0 Å². The maximum absolute atomic E-state index is 11.8. The van der Waals surface area contributed by atoms with Crippen molar-refractivity contribution >= 4 is 45.8 Å². The zero-order valence-corrected chi connectivity index (χ0v) is 16.1. The van der Waals surface area contributed by atoms with Crippen LogP contribution in [0.3, 0.4) is 0 Å². The van der Waals surface area contributed by atoms with Gasteiger partial charge in [-0.1, -0.05) is 53.5 Å². The van der Waals surface area contributed by atoms with Crippen molar-refractivity contribution < 1.29 is 19.1 Å². The highest BCUT2D eigenvalue weighted by Gasteiger charge is 2.09. The highest BCUT2D eigenvalue weighted by Crippen LogP contribution is 2.27. The van der Waals surface area contributed by atoms with Crippen molar-refractivity contribution in [3.63, 3.8) is 0 Å². The molecule has 0 unspecified atom stereocenters. The van der Waals surface area contributed by atoms with Gasteiger partial charge in [0.15, 0.2) is 13.2 Å². The molecular weight excluding hydrogens is 403 g/mol. The van der Waals surface area contributed by atoms with Crippen LogP contribution in [0.25, 0.3) is 10.8 Å². The fourth-order valence-electron chi connectivity index (χ4n) is 2.35. The van der Waals surface area contributed by atoms with Gasteiger partial charge in [-0.3, -0.25) is 20.4 Å². The van der Waals surface area contributed by atoms with E-state index >= 15 is 0 Å². The van der Waals surface area contributed by atoms with Crippen LogP contribution in [-0.2, 0) is 9.59 Å². The molecule has 0 saturated heterocycles. The summed E-state index contributed by atoms with van der Waals surface area (Å²) < 4.78 is 10.7. The Kier molecular flexibility index (Phi) is 6.57. The molecule has 0 aliphatic carbocycles. The van der Waals surface area contributed by atoms with Gasteiger partial charge in [0.25, 0.3) is 11.8 Å². The van der Waals surface area contributed by atoms with Crippen molar-refractivity contribution in [1.29, 1.82) is 0 Å². The Morgan fingerprint density at radius 1 is 0.786 bits per heavy atom. The number of halogens is 2. The molecule has 0 saturated carbocycles. The van der Waals surface area contributed by atoms with Gasteiger partial charge in [-0.25, -0.2) is 0 Å². The molecule has 0 atom stereocenters. The summed E-state index contributed by atoms with van der Waals surface area (Å²) in [5.74, 6) is -0.191. The van der Waals surface area contributed by atoms with Crippen molar-refractivity contribution in [2.45, 2.75) is 0 Å². The van der Waals surface area contributed by atoms with Crippen LogP contribution < -0.4 is 20.3 Å². The van der Waals surface area contributed by atoms with Gasteiger partial charge in [-0.15, -0.1) is 0 Å². The standard InChI is InChI=1S/C20H16Cl2N2O4/c21-15-6-8-18(17(22)10-15)28-12-20(26)24-23-19(25)11-27-16-7-5-13-3-1-2-4-14(13)9-16/h1-10H,11-12H2,(H,23,25)(H,24,26). The quantitative estimate of drug-likeness (QED) is 0.597. The zero-order valence-electron chi connectivity index (χ0n) is 14.6. The Hall–Kier alpha value is -2.96. The number of hydrogen-bond acceptors (Lipinski definition) is 4. The minimum Gasteiger partial charge on any atom is -0.484 e. The summed E-state index contributed by atoms with van der Waals surface area (Å²) in [6.45, 7) is -0.574. The van der Waals surface area contributed by atoms with Crippen molar-refractivity contribution in [1.82, 2.24) is 10.9 Å². The Balaban J connectivity index is 1.41. The summed E-state index contributed by atoms with van der Waals surface area (Å²) in [6.07, 6.45) is 0. The molecule has 28 heavy (non-hydrogen) atoms. The Morgan fingerprint density at radius 2 is 1.46 bits per heavy atom. The second-order valence-corrected chi connectivity index (χ2v) is 6.60. The number of ether oxygens (including phenoxy) is 2. The Bertz CT molecular complexity index is 1010. The molecule has 0 radical (unpaired) electrons. The normalized spacial score (nSPS) is 10.4. The molecule has 2 N–H and O–H groups in total. The lowest BCUT2D eigenvalue weighted by atomic mass is 10.1. The number of fused-ring (bicyclic) bond motifs is 1. The fraction of sp³-hybridized carbons (Fsp3) is 0.100. The number of rotatable bonds is 6. The number of hydrazine groups is 1. The molecule has 0 fully saturated rings. The zero-order chi connectivity index (χ0) is 19.9. The summed E-state index contributed by atoms with van der Waals surface area (Å²) in [7, 11) is 0. The third-order valence-electron chi connectivity index (χ3n) is 3.68. The van der Waals surface area contributed by atoms with Gasteiger partial charge in [0.2, 0.25) is 0 Å². The fourth-order valence-corrected chi connectivity index (χ4v) is 2.82. The average Bonchev–Trinajstić information content (AvgIpc) is 2.70. The number of carbonyl (C=O) groups excluding carboxylic acids is 2. The second-order valence-electron chi connectivity index (χ2n) is 5.76. The highest BCUT2D eigenvalue weighted by atomic mass is 35.5. The van der Waals surface area contributed by atoms with E-state index < -0.39 is 11.8 Å². The first-order valence-corrected chi connectivity index (χ1v) is 9.04. The van der Waals surface area contributed by atoms with E-state index in [-0.39, 0.29) is 18.2 Å².